The summed E-state index contributed by atoms with van der Waals surface area (Å²) in [5.74, 6) is -0.455. The van der Waals surface area contributed by atoms with Gasteiger partial charge in [-0.15, -0.1) is 0 Å². The van der Waals surface area contributed by atoms with Crippen LogP contribution in [0.1, 0.15) is 32.6 Å². The van der Waals surface area contributed by atoms with E-state index in [0.29, 0.717) is 28.0 Å². The number of benzene rings is 2. The van der Waals surface area contributed by atoms with Crippen LogP contribution in [0.2, 0.25) is 0 Å². The van der Waals surface area contributed by atoms with Crippen molar-refractivity contribution in [1.82, 2.24) is 0 Å². The van der Waals surface area contributed by atoms with Crippen LogP contribution in [0.15, 0.2) is 47.5 Å². The Kier molecular flexibility index (Phi) is 4.65. The molecule has 0 saturated carbocycles. The molecule has 2 aromatic carbocycles. The number of aryl methyl sites for hydroxylation is 1. The molecule has 3 rings (SSSR count). The van der Waals surface area contributed by atoms with Crippen molar-refractivity contribution in [3.8, 4) is 5.75 Å². The molecule has 0 unspecified atom stereocenters. The summed E-state index contributed by atoms with van der Waals surface area (Å²) in [6, 6.07) is 8.25. The molecule has 1 aliphatic heterocycles. The van der Waals surface area contributed by atoms with Crippen LogP contribution in [0.4, 0.5) is 13.2 Å². The van der Waals surface area contributed by atoms with E-state index in [0.717, 1.165) is 12.1 Å². The highest BCUT2D eigenvalue weighted by Gasteiger charge is 2.31. The predicted molar refractivity (Wildman–Crippen MR) is 95.3 cm³/mol. The zero-order valence-corrected chi connectivity index (χ0v) is 14.3. The summed E-state index contributed by atoms with van der Waals surface area (Å²) < 4.78 is 44.3. The minimum atomic E-state index is -4.41. The molecule has 1 amide bonds. The van der Waals surface area contributed by atoms with E-state index in [2.05, 4.69) is 4.99 Å². The van der Waals surface area contributed by atoms with Crippen LogP contribution in [0.25, 0.3) is 5.57 Å². The lowest BCUT2D eigenvalue weighted by atomic mass is 9.90. The lowest BCUT2D eigenvalue weighted by Gasteiger charge is -2.21. The van der Waals surface area contributed by atoms with Crippen LogP contribution in [0, 0.1) is 6.92 Å². The Morgan fingerprint density at radius 2 is 1.85 bits per heavy atom. The number of hydrogen-bond donors (Lipinski definition) is 2. The fraction of sp³-hybridized carbons (Fsp3) is 0.158. The molecule has 27 heavy (non-hydrogen) atoms. The van der Waals surface area contributed by atoms with Crippen molar-refractivity contribution >= 4 is 17.4 Å². The number of nitrogens with two attached hydrogens (primary N) is 2. The smallest absolute Gasteiger partial charge is 0.416 e. The Hall–Kier alpha value is -3.29. The number of alkyl halides is 3. The summed E-state index contributed by atoms with van der Waals surface area (Å²) in [6.45, 7) is 1.87. The monoisotopic (exact) mass is 375 g/mol. The number of guanidine groups is 1. The second-order valence-corrected chi connectivity index (χ2v) is 6.01. The van der Waals surface area contributed by atoms with Crippen LogP contribution in [0.3, 0.4) is 0 Å². The summed E-state index contributed by atoms with van der Waals surface area (Å²) in [6.07, 6.45) is -2.66. The first-order valence-electron chi connectivity index (χ1n) is 7.96. The Morgan fingerprint density at radius 1 is 1.11 bits per heavy atom. The topological polar surface area (TPSA) is 90.7 Å². The van der Waals surface area contributed by atoms with E-state index >= 15 is 0 Å². The molecular weight excluding hydrogens is 359 g/mol. The first-order valence-corrected chi connectivity index (χ1v) is 7.96. The number of fused-ring (bicyclic) bond motifs is 1. The van der Waals surface area contributed by atoms with Gasteiger partial charge < -0.3 is 16.2 Å². The molecule has 1 heterocycles. The number of halogens is 3. The Labute approximate surface area is 153 Å². The Bertz CT molecular complexity index is 975. The lowest BCUT2D eigenvalue weighted by molar-refractivity contribution is -0.137. The SMILES string of the molecule is Cc1cc(C(F)(F)F)ccc1C1=CCOc2ccc(C(=O)N=C(N)N)cc21. The van der Waals surface area contributed by atoms with Gasteiger partial charge in [-0.1, -0.05) is 6.07 Å². The van der Waals surface area contributed by atoms with Gasteiger partial charge in [0, 0.05) is 11.1 Å². The lowest BCUT2D eigenvalue weighted by Crippen LogP contribution is -2.24. The predicted octanol–water partition coefficient (Wildman–Crippen LogP) is 3.25. The fourth-order valence-electron chi connectivity index (χ4n) is 2.90. The maximum Gasteiger partial charge on any atom is 0.416 e. The first-order chi connectivity index (χ1) is 12.7. The standard InChI is InChI=1S/C19H16F3N3O2/c1-10-8-12(19(20,21)22)3-4-13(10)14-6-7-27-16-5-2-11(9-15(14)16)17(26)25-18(23)24/h2-6,8-9H,7H2,1H3,(H4,23,24,25,26). The number of carbonyl (C=O) groups excluding carboxylic acids is 1. The van der Waals surface area contributed by atoms with E-state index in [9.17, 15) is 18.0 Å². The van der Waals surface area contributed by atoms with Gasteiger partial charge in [0.2, 0.25) is 0 Å². The number of amides is 1. The zero-order valence-electron chi connectivity index (χ0n) is 14.3. The number of nitrogens with zero attached hydrogens (tertiary/aromatic N) is 1. The molecule has 0 atom stereocenters. The minimum absolute atomic E-state index is 0.239. The summed E-state index contributed by atoms with van der Waals surface area (Å²) in [5.41, 5.74) is 12.3. The van der Waals surface area contributed by atoms with Crippen molar-refractivity contribution in [2.75, 3.05) is 6.61 Å². The molecule has 5 nitrogen and oxygen atoms in total. The van der Waals surface area contributed by atoms with Crippen molar-refractivity contribution < 1.29 is 22.7 Å². The number of rotatable bonds is 2. The fourth-order valence-corrected chi connectivity index (χ4v) is 2.90. The highest BCUT2D eigenvalue weighted by atomic mass is 19.4. The van der Waals surface area contributed by atoms with Crippen LogP contribution >= 0.6 is 0 Å². The van der Waals surface area contributed by atoms with E-state index in [-0.39, 0.29) is 18.1 Å². The molecule has 0 saturated heterocycles. The summed E-state index contributed by atoms with van der Waals surface area (Å²) in [4.78, 5) is 15.6. The van der Waals surface area contributed by atoms with Crippen LogP contribution in [-0.2, 0) is 6.18 Å². The van der Waals surface area contributed by atoms with Gasteiger partial charge in [0.1, 0.15) is 12.4 Å². The maximum absolute atomic E-state index is 12.9. The van der Waals surface area contributed by atoms with Crippen molar-refractivity contribution in [1.29, 1.82) is 0 Å². The van der Waals surface area contributed by atoms with Crippen molar-refractivity contribution in [2.45, 2.75) is 13.1 Å². The van der Waals surface area contributed by atoms with Gasteiger partial charge in [0.15, 0.2) is 5.96 Å². The third kappa shape index (κ3) is 3.79. The highest BCUT2D eigenvalue weighted by molar-refractivity contribution is 6.03. The number of ether oxygens (including phenoxy) is 1. The Morgan fingerprint density at radius 3 is 2.48 bits per heavy atom. The first kappa shape index (κ1) is 18.5. The average Bonchev–Trinajstić information content (AvgIpc) is 2.59. The molecule has 0 aliphatic carbocycles. The van der Waals surface area contributed by atoms with Gasteiger partial charge >= 0.3 is 6.18 Å². The molecule has 0 radical (unpaired) electrons. The summed E-state index contributed by atoms with van der Waals surface area (Å²) in [7, 11) is 0. The zero-order chi connectivity index (χ0) is 19.8. The molecule has 4 N–H and O–H groups in total. The molecular formula is C19H16F3N3O2. The van der Waals surface area contributed by atoms with Gasteiger partial charge in [0.25, 0.3) is 5.91 Å². The van der Waals surface area contributed by atoms with E-state index in [1.54, 1.807) is 25.1 Å². The van der Waals surface area contributed by atoms with Gasteiger partial charge in [-0.25, -0.2) is 0 Å². The van der Waals surface area contributed by atoms with Crippen molar-refractivity contribution in [3.05, 3.63) is 70.3 Å². The molecule has 0 fully saturated rings. The van der Waals surface area contributed by atoms with Gasteiger partial charge in [-0.05, 0) is 60.0 Å². The van der Waals surface area contributed by atoms with Crippen molar-refractivity contribution in [2.24, 2.45) is 16.5 Å². The van der Waals surface area contributed by atoms with Gasteiger partial charge in [-0.3, -0.25) is 4.79 Å². The molecule has 1 aliphatic rings. The van der Waals surface area contributed by atoms with Crippen LogP contribution in [0.5, 0.6) is 5.75 Å². The van der Waals surface area contributed by atoms with E-state index in [1.165, 1.54) is 12.1 Å². The average molecular weight is 375 g/mol. The molecule has 0 spiro atoms. The van der Waals surface area contributed by atoms with E-state index in [1.807, 2.05) is 0 Å². The summed E-state index contributed by atoms with van der Waals surface area (Å²) >= 11 is 0. The minimum Gasteiger partial charge on any atom is -0.489 e. The molecule has 2 aromatic rings. The van der Waals surface area contributed by atoms with E-state index < -0.39 is 17.6 Å². The van der Waals surface area contributed by atoms with Gasteiger partial charge in [-0.2, -0.15) is 18.2 Å². The second kappa shape index (κ2) is 6.79. The quantitative estimate of drug-likeness (QED) is 0.623. The number of carbonyl (C=O) groups is 1. The van der Waals surface area contributed by atoms with Crippen LogP contribution in [-0.4, -0.2) is 18.5 Å². The molecule has 8 heteroatoms. The number of hydrogen-bond acceptors (Lipinski definition) is 2. The summed E-state index contributed by atoms with van der Waals surface area (Å²) in [5, 5.41) is 0. The number of aliphatic imine (C=N–C) groups is 1. The largest absolute Gasteiger partial charge is 0.489 e. The molecule has 0 bridgehead atoms. The van der Waals surface area contributed by atoms with E-state index in [4.69, 9.17) is 16.2 Å². The molecule has 0 aromatic heterocycles. The maximum atomic E-state index is 12.9. The Balaban J connectivity index is 2.06. The molecule has 140 valence electrons. The third-order valence-electron chi connectivity index (χ3n) is 4.12. The normalized spacial score (nSPS) is 13.3. The van der Waals surface area contributed by atoms with Crippen LogP contribution < -0.4 is 16.2 Å². The van der Waals surface area contributed by atoms with Gasteiger partial charge in [0.05, 0.1) is 5.56 Å². The third-order valence-corrected chi connectivity index (χ3v) is 4.12. The highest BCUT2D eigenvalue weighted by Crippen LogP contribution is 2.38. The van der Waals surface area contributed by atoms with Crippen molar-refractivity contribution in [3.63, 3.8) is 0 Å². The second-order valence-electron chi connectivity index (χ2n) is 6.01.